The number of nitrogens with two attached hydrogens (primary N) is 1. The lowest BCUT2D eigenvalue weighted by Crippen LogP contribution is -2.41. The van der Waals surface area contributed by atoms with Crippen molar-refractivity contribution in [2.45, 2.75) is 51.6 Å². The zero-order valence-electron chi connectivity index (χ0n) is 12.7. The number of hydrogen-bond acceptors (Lipinski definition) is 4. The van der Waals surface area contributed by atoms with Crippen LogP contribution < -0.4 is 11.1 Å². The summed E-state index contributed by atoms with van der Waals surface area (Å²) in [6.45, 7) is 2.93. The maximum atomic E-state index is 12.1. The molecule has 1 aromatic heterocycles. The van der Waals surface area contributed by atoms with E-state index in [4.69, 9.17) is 5.73 Å². The molecule has 2 aliphatic carbocycles. The van der Waals surface area contributed by atoms with Gasteiger partial charge >= 0.3 is 0 Å². The van der Waals surface area contributed by atoms with Crippen molar-refractivity contribution in [3.8, 4) is 0 Å². The van der Waals surface area contributed by atoms with E-state index < -0.39 is 0 Å². The highest BCUT2D eigenvalue weighted by atomic mass is 16.2. The number of carbonyl (C=O) groups is 1. The highest BCUT2D eigenvalue weighted by Gasteiger charge is 2.42. The van der Waals surface area contributed by atoms with Gasteiger partial charge in [-0.15, -0.1) is 5.10 Å². The SMILES string of the molecule is CC(NC(=O)Cn1cc(CCN)nn1)C1CC2CCC1C2. The van der Waals surface area contributed by atoms with Crippen molar-refractivity contribution in [2.24, 2.45) is 23.5 Å². The van der Waals surface area contributed by atoms with Crippen LogP contribution in [-0.2, 0) is 17.8 Å². The van der Waals surface area contributed by atoms with Crippen molar-refractivity contribution < 1.29 is 4.79 Å². The van der Waals surface area contributed by atoms with Crippen LogP contribution in [0.15, 0.2) is 6.20 Å². The quantitative estimate of drug-likeness (QED) is 0.808. The topological polar surface area (TPSA) is 85.8 Å². The Morgan fingerprint density at radius 2 is 2.38 bits per heavy atom. The van der Waals surface area contributed by atoms with Gasteiger partial charge in [-0.2, -0.15) is 0 Å². The summed E-state index contributed by atoms with van der Waals surface area (Å²) in [5, 5.41) is 11.1. The largest absolute Gasteiger partial charge is 0.352 e. The normalized spacial score (nSPS) is 28.8. The molecule has 0 aromatic carbocycles. The van der Waals surface area contributed by atoms with Gasteiger partial charge in [0.05, 0.1) is 5.69 Å². The van der Waals surface area contributed by atoms with E-state index in [1.54, 1.807) is 10.9 Å². The van der Waals surface area contributed by atoms with E-state index in [-0.39, 0.29) is 18.5 Å². The molecule has 6 nitrogen and oxygen atoms in total. The summed E-state index contributed by atoms with van der Waals surface area (Å²) >= 11 is 0. The third-order valence-electron chi connectivity index (χ3n) is 5.12. The van der Waals surface area contributed by atoms with Crippen molar-refractivity contribution >= 4 is 5.91 Å². The summed E-state index contributed by atoms with van der Waals surface area (Å²) in [6.07, 6.45) is 7.90. The first-order valence-electron chi connectivity index (χ1n) is 8.04. The van der Waals surface area contributed by atoms with E-state index in [9.17, 15) is 4.79 Å². The minimum absolute atomic E-state index is 0.0227. The first-order valence-corrected chi connectivity index (χ1v) is 8.04. The molecule has 1 heterocycles. The standard InChI is InChI=1S/C15H25N5O/c1-10(14-7-11-2-3-12(14)6-11)17-15(21)9-20-8-13(4-5-16)18-19-20/h8,10-12,14H,2-7,9,16H2,1H3,(H,17,21). The third kappa shape index (κ3) is 3.26. The van der Waals surface area contributed by atoms with Crippen molar-refractivity contribution in [1.29, 1.82) is 0 Å². The van der Waals surface area contributed by atoms with Crippen molar-refractivity contribution in [2.75, 3.05) is 6.54 Å². The molecule has 3 N–H and O–H groups in total. The van der Waals surface area contributed by atoms with E-state index in [0.717, 1.165) is 17.5 Å². The van der Waals surface area contributed by atoms with Gasteiger partial charge in [0.1, 0.15) is 6.54 Å². The van der Waals surface area contributed by atoms with Crippen LogP contribution in [0.1, 0.15) is 38.3 Å². The number of fused-ring (bicyclic) bond motifs is 2. The van der Waals surface area contributed by atoms with E-state index in [2.05, 4.69) is 22.6 Å². The van der Waals surface area contributed by atoms with Crippen LogP contribution in [-0.4, -0.2) is 33.5 Å². The number of nitrogens with zero attached hydrogens (tertiary/aromatic N) is 3. The Balaban J connectivity index is 1.49. The van der Waals surface area contributed by atoms with Crippen LogP contribution in [0.4, 0.5) is 0 Å². The first-order chi connectivity index (χ1) is 10.2. The molecule has 0 spiro atoms. The van der Waals surface area contributed by atoms with Crippen LogP contribution in [0, 0.1) is 17.8 Å². The molecule has 1 aromatic rings. The minimum atomic E-state index is 0.0227. The molecule has 2 bridgehead atoms. The molecule has 2 fully saturated rings. The summed E-state index contributed by atoms with van der Waals surface area (Å²) in [7, 11) is 0. The summed E-state index contributed by atoms with van der Waals surface area (Å²) in [5.74, 6) is 2.42. The van der Waals surface area contributed by atoms with E-state index >= 15 is 0 Å². The Morgan fingerprint density at radius 3 is 3.05 bits per heavy atom. The van der Waals surface area contributed by atoms with Gasteiger partial charge in [0.15, 0.2) is 0 Å². The molecule has 0 saturated heterocycles. The van der Waals surface area contributed by atoms with Crippen LogP contribution in [0.3, 0.4) is 0 Å². The Morgan fingerprint density at radius 1 is 1.52 bits per heavy atom. The fourth-order valence-electron chi connectivity index (χ4n) is 4.14. The van der Waals surface area contributed by atoms with Crippen molar-refractivity contribution in [1.82, 2.24) is 20.3 Å². The van der Waals surface area contributed by atoms with E-state index in [0.29, 0.717) is 18.9 Å². The second-order valence-corrected chi connectivity index (χ2v) is 6.64. The molecule has 21 heavy (non-hydrogen) atoms. The van der Waals surface area contributed by atoms with Gasteiger partial charge in [0, 0.05) is 18.7 Å². The first kappa shape index (κ1) is 14.5. The highest BCUT2D eigenvalue weighted by Crippen LogP contribution is 2.49. The predicted molar refractivity (Wildman–Crippen MR) is 79.3 cm³/mol. The monoisotopic (exact) mass is 291 g/mol. The molecular weight excluding hydrogens is 266 g/mol. The number of aromatic nitrogens is 3. The number of carbonyl (C=O) groups excluding carboxylic acids is 1. The van der Waals surface area contributed by atoms with Gasteiger partial charge in [-0.1, -0.05) is 11.6 Å². The third-order valence-corrected chi connectivity index (χ3v) is 5.12. The molecular formula is C15H25N5O. The molecule has 4 unspecified atom stereocenters. The van der Waals surface area contributed by atoms with Crippen molar-refractivity contribution in [3.63, 3.8) is 0 Å². The van der Waals surface area contributed by atoms with Gasteiger partial charge in [-0.25, -0.2) is 4.68 Å². The fraction of sp³-hybridized carbons (Fsp3) is 0.800. The van der Waals surface area contributed by atoms with Gasteiger partial charge in [-0.3, -0.25) is 4.79 Å². The zero-order valence-corrected chi connectivity index (χ0v) is 12.7. The summed E-state index contributed by atoms with van der Waals surface area (Å²) < 4.78 is 1.59. The number of nitrogens with one attached hydrogen (secondary N) is 1. The lowest BCUT2D eigenvalue weighted by Gasteiger charge is -2.28. The molecule has 0 aliphatic heterocycles. The van der Waals surface area contributed by atoms with E-state index in [1.165, 1.54) is 25.7 Å². The number of amides is 1. The van der Waals surface area contributed by atoms with Crippen LogP contribution in [0.5, 0.6) is 0 Å². The molecule has 3 rings (SSSR count). The Bertz CT molecular complexity index is 500. The molecule has 0 radical (unpaired) electrons. The molecule has 6 heteroatoms. The minimum Gasteiger partial charge on any atom is -0.352 e. The van der Waals surface area contributed by atoms with Crippen LogP contribution in [0.2, 0.25) is 0 Å². The van der Waals surface area contributed by atoms with Crippen LogP contribution in [0.25, 0.3) is 0 Å². The highest BCUT2D eigenvalue weighted by molar-refractivity contribution is 5.75. The summed E-state index contributed by atoms with van der Waals surface area (Å²) in [5.41, 5.74) is 6.32. The Labute approximate surface area is 125 Å². The summed E-state index contributed by atoms with van der Waals surface area (Å²) in [4.78, 5) is 12.1. The maximum absolute atomic E-state index is 12.1. The Kier molecular flexibility index (Phi) is 4.24. The molecule has 1 amide bonds. The number of rotatable bonds is 6. The fourth-order valence-corrected chi connectivity index (χ4v) is 4.14. The van der Waals surface area contributed by atoms with Gasteiger partial charge < -0.3 is 11.1 Å². The molecule has 116 valence electrons. The van der Waals surface area contributed by atoms with Crippen LogP contribution >= 0.6 is 0 Å². The molecule has 4 atom stereocenters. The maximum Gasteiger partial charge on any atom is 0.242 e. The van der Waals surface area contributed by atoms with Gasteiger partial charge in [0.2, 0.25) is 5.91 Å². The predicted octanol–water partition coefficient (Wildman–Crippen LogP) is 0.720. The zero-order chi connectivity index (χ0) is 14.8. The van der Waals surface area contributed by atoms with Gasteiger partial charge in [-0.05, 0) is 50.5 Å². The average Bonchev–Trinajstić information content (AvgIpc) is 3.15. The lowest BCUT2D eigenvalue weighted by atomic mass is 9.84. The second kappa shape index (κ2) is 6.13. The second-order valence-electron chi connectivity index (χ2n) is 6.64. The Hall–Kier alpha value is -1.43. The van der Waals surface area contributed by atoms with E-state index in [1.807, 2.05) is 0 Å². The lowest BCUT2D eigenvalue weighted by molar-refractivity contribution is -0.123. The van der Waals surface area contributed by atoms with Crippen molar-refractivity contribution in [3.05, 3.63) is 11.9 Å². The number of hydrogen-bond donors (Lipinski definition) is 2. The molecule has 2 saturated carbocycles. The molecule has 2 aliphatic rings. The summed E-state index contributed by atoms with van der Waals surface area (Å²) in [6, 6.07) is 0.264. The van der Waals surface area contributed by atoms with Gasteiger partial charge in [0.25, 0.3) is 0 Å². The average molecular weight is 291 g/mol. The smallest absolute Gasteiger partial charge is 0.242 e.